The maximum Gasteiger partial charge on any atom is 0.322 e. The van der Waals surface area contributed by atoms with Gasteiger partial charge < -0.3 is 20.1 Å². The van der Waals surface area contributed by atoms with Crippen LogP contribution in [0.2, 0.25) is 0 Å². The summed E-state index contributed by atoms with van der Waals surface area (Å²) in [5.74, 6) is -0.885. The molecule has 3 aromatic rings. The maximum atomic E-state index is 12.2. The van der Waals surface area contributed by atoms with E-state index in [2.05, 4.69) is 5.32 Å². The van der Waals surface area contributed by atoms with Crippen LogP contribution in [-0.4, -0.2) is 33.2 Å². The van der Waals surface area contributed by atoms with Crippen molar-refractivity contribution in [2.75, 3.05) is 6.54 Å². The lowest BCUT2D eigenvalue weighted by atomic mass is 9.95. The highest BCUT2D eigenvalue weighted by molar-refractivity contribution is 5.88. The number of nitrogens with zero attached hydrogens (tertiary/aromatic N) is 1. The van der Waals surface area contributed by atoms with E-state index in [0.29, 0.717) is 12.2 Å². The Balaban J connectivity index is 1.97. The molecule has 3 rings (SSSR count). The summed E-state index contributed by atoms with van der Waals surface area (Å²) in [5, 5.41) is 22.4. The SMILES string of the molecule is Cc1c(Cc2ccc(O)c(C(C)C)c2)c2ccccc2n1CC(=O)NCC(=O)O. The molecule has 1 amide bonds. The Hall–Kier alpha value is -3.28. The monoisotopic (exact) mass is 394 g/mol. The zero-order chi connectivity index (χ0) is 21.1. The number of aromatic hydroxyl groups is 1. The molecule has 0 saturated heterocycles. The van der Waals surface area contributed by atoms with Crippen molar-refractivity contribution in [2.24, 2.45) is 0 Å². The van der Waals surface area contributed by atoms with E-state index < -0.39 is 12.5 Å². The first-order valence-corrected chi connectivity index (χ1v) is 9.65. The van der Waals surface area contributed by atoms with E-state index in [9.17, 15) is 14.7 Å². The number of para-hydroxylation sites is 1. The lowest BCUT2D eigenvalue weighted by Gasteiger charge is -2.12. The highest BCUT2D eigenvalue weighted by Crippen LogP contribution is 2.31. The van der Waals surface area contributed by atoms with Gasteiger partial charge in [-0.15, -0.1) is 0 Å². The van der Waals surface area contributed by atoms with Crippen LogP contribution in [0.4, 0.5) is 0 Å². The van der Waals surface area contributed by atoms with Gasteiger partial charge >= 0.3 is 5.97 Å². The number of carbonyl (C=O) groups excluding carboxylic acids is 1. The number of rotatable bonds is 7. The van der Waals surface area contributed by atoms with Gasteiger partial charge in [0.2, 0.25) is 5.91 Å². The highest BCUT2D eigenvalue weighted by atomic mass is 16.4. The van der Waals surface area contributed by atoms with Crippen molar-refractivity contribution in [3.05, 3.63) is 64.8 Å². The molecule has 1 heterocycles. The van der Waals surface area contributed by atoms with Crippen LogP contribution in [0.15, 0.2) is 42.5 Å². The molecule has 0 saturated carbocycles. The fourth-order valence-corrected chi connectivity index (χ4v) is 3.68. The molecular weight excluding hydrogens is 368 g/mol. The van der Waals surface area contributed by atoms with Crippen molar-refractivity contribution in [2.45, 2.75) is 39.7 Å². The van der Waals surface area contributed by atoms with Gasteiger partial charge in [-0.3, -0.25) is 9.59 Å². The number of carboxylic acid groups (broad SMARTS) is 1. The normalized spacial score (nSPS) is 11.2. The summed E-state index contributed by atoms with van der Waals surface area (Å²) in [7, 11) is 0. The maximum absolute atomic E-state index is 12.2. The number of nitrogens with one attached hydrogen (secondary N) is 1. The summed E-state index contributed by atoms with van der Waals surface area (Å²) in [6.07, 6.45) is 0.677. The van der Waals surface area contributed by atoms with Gasteiger partial charge in [0.15, 0.2) is 0 Å². The second-order valence-electron chi connectivity index (χ2n) is 7.56. The number of hydrogen-bond donors (Lipinski definition) is 3. The lowest BCUT2D eigenvalue weighted by molar-refractivity contribution is -0.138. The summed E-state index contributed by atoms with van der Waals surface area (Å²) < 4.78 is 1.92. The Morgan fingerprint density at radius 1 is 1.14 bits per heavy atom. The molecule has 0 unspecified atom stereocenters. The molecule has 0 radical (unpaired) electrons. The summed E-state index contributed by atoms with van der Waals surface area (Å²) in [4.78, 5) is 22.9. The molecule has 0 aliphatic rings. The van der Waals surface area contributed by atoms with Gasteiger partial charge in [0.05, 0.1) is 0 Å². The number of fused-ring (bicyclic) bond motifs is 1. The molecule has 0 atom stereocenters. The van der Waals surface area contributed by atoms with Crippen LogP contribution in [0.3, 0.4) is 0 Å². The topological polar surface area (TPSA) is 91.6 Å². The summed E-state index contributed by atoms with van der Waals surface area (Å²) in [6.45, 7) is 5.74. The molecule has 0 fully saturated rings. The van der Waals surface area contributed by atoms with Crippen LogP contribution in [0, 0.1) is 6.92 Å². The number of phenols is 1. The Morgan fingerprint density at radius 2 is 1.86 bits per heavy atom. The molecule has 0 aliphatic heterocycles. The third-order valence-corrected chi connectivity index (χ3v) is 5.19. The Labute approximate surface area is 169 Å². The van der Waals surface area contributed by atoms with Crippen molar-refractivity contribution in [1.29, 1.82) is 0 Å². The van der Waals surface area contributed by atoms with Crippen LogP contribution < -0.4 is 5.32 Å². The van der Waals surface area contributed by atoms with Crippen molar-refractivity contribution in [1.82, 2.24) is 9.88 Å². The molecule has 1 aromatic heterocycles. The van der Waals surface area contributed by atoms with Gasteiger partial charge in [0.25, 0.3) is 0 Å². The fraction of sp³-hybridized carbons (Fsp3) is 0.304. The molecule has 2 aromatic carbocycles. The van der Waals surface area contributed by atoms with E-state index in [4.69, 9.17) is 5.11 Å². The summed E-state index contributed by atoms with van der Waals surface area (Å²) in [5.41, 5.74) is 5.03. The smallest absolute Gasteiger partial charge is 0.322 e. The first-order chi connectivity index (χ1) is 13.8. The van der Waals surface area contributed by atoms with Crippen molar-refractivity contribution >= 4 is 22.8 Å². The molecular formula is C23H26N2O4. The zero-order valence-electron chi connectivity index (χ0n) is 16.9. The van der Waals surface area contributed by atoms with Crippen LogP contribution in [0.5, 0.6) is 5.75 Å². The first kappa shape index (κ1) is 20.5. The van der Waals surface area contributed by atoms with E-state index in [1.54, 1.807) is 6.07 Å². The molecule has 0 spiro atoms. The molecule has 0 bridgehead atoms. The molecule has 29 heavy (non-hydrogen) atoms. The average Bonchev–Trinajstić information content (AvgIpc) is 2.93. The molecule has 0 aliphatic carbocycles. The predicted octanol–water partition coefficient (Wildman–Crippen LogP) is 3.57. The zero-order valence-corrected chi connectivity index (χ0v) is 16.9. The first-order valence-electron chi connectivity index (χ1n) is 9.65. The number of aromatic nitrogens is 1. The Morgan fingerprint density at radius 3 is 2.55 bits per heavy atom. The number of amides is 1. The van der Waals surface area contributed by atoms with Gasteiger partial charge in [-0.05, 0) is 48.1 Å². The standard InChI is InChI=1S/C23H26N2O4/c1-14(2)18-10-16(8-9-21(18)26)11-19-15(3)25(13-22(27)24-12-23(28)29)20-7-5-4-6-17(19)20/h4-10,14,26H,11-13H2,1-3H3,(H,24,27)(H,28,29). The van der Waals surface area contributed by atoms with E-state index >= 15 is 0 Å². The Bertz CT molecular complexity index is 1070. The minimum atomic E-state index is -1.07. The van der Waals surface area contributed by atoms with E-state index in [1.807, 2.05) is 61.7 Å². The third kappa shape index (κ3) is 4.42. The molecule has 152 valence electrons. The van der Waals surface area contributed by atoms with Crippen molar-refractivity contribution in [3.63, 3.8) is 0 Å². The lowest BCUT2D eigenvalue weighted by Crippen LogP contribution is -2.32. The number of aliphatic carboxylic acids is 1. The fourth-order valence-electron chi connectivity index (χ4n) is 3.68. The number of benzene rings is 2. The van der Waals surface area contributed by atoms with Gasteiger partial charge in [0, 0.05) is 16.6 Å². The van der Waals surface area contributed by atoms with Crippen LogP contribution in [-0.2, 0) is 22.6 Å². The number of carbonyl (C=O) groups is 2. The van der Waals surface area contributed by atoms with Gasteiger partial charge in [0.1, 0.15) is 18.8 Å². The summed E-state index contributed by atoms with van der Waals surface area (Å²) in [6, 6.07) is 13.6. The molecule has 6 nitrogen and oxygen atoms in total. The number of hydrogen-bond acceptors (Lipinski definition) is 3. The van der Waals surface area contributed by atoms with Crippen LogP contribution >= 0.6 is 0 Å². The summed E-state index contributed by atoms with van der Waals surface area (Å²) >= 11 is 0. The van der Waals surface area contributed by atoms with E-state index in [1.165, 1.54) is 0 Å². The van der Waals surface area contributed by atoms with Crippen LogP contribution in [0.1, 0.15) is 42.1 Å². The van der Waals surface area contributed by atoms with Crippen molar-refractivity contribution in [3.8, 4) is 5.75 Å². The predicted molar refractivity (Wildman–Crippen MR) is 112 cm³/mol. The second-order valence-corrected chi connectivity index (χ2v) is 7.56. The van der Waals surface area contributed by atoms with Gasteiger partial charge in [-0.25, -0.2) is 0 Å². The quantitative estimate of drug-likeness (QED) is 0.571. The number of carboxylic acids is 1. The highest BCUT2D eigenvalue weighted by Gasteiger charge is 2.17. The minimum Gasteiger partial charge on any atom is -0.508 e. The second kappa shape index (κ2) is 8.39. The minimum absolute atomic E-state index is 0.0620. The number of phenolic OH excluding ortho intramolecular Hbond substituents is 1. The molecule has 6 heteroatoms. The molecule has 3 N–H and O–H groups in total. The van der Waals surface area contributed by atoms with E-state index in [0.717, 1.165) is 33.3 Å². The van der Waals surface area contributed by atoms with Crippen molar-refractivity contribution < 1.29 is 19.8 Å². The Kier molecular flexibility index (Phi) is 5.92. The van der Waals surface area contributed by atoms with Gasteiger partial charge in [-0.2, -0.15) is 0 Å². The largest absolute Gasteiger partial charge is 0.508 e. The van der Waals surface area contributed by atoms with E-state index in [-0.39, 0.29) is 18.4 Å². The average molecular weight is 394 g/mol. The third-order valence-electron chi connectivity index (χ3n) is 5.19. The van der Waals surface area contributed by atoms with Crippen LogP contribution in [0.25, 0.3) is 10.9 Å². The van der Waals surface area contributed by atoms with Gasteiger partial charge in [-0.1, -0.05) is 44.2 Å².